The van der Waals surface area contributed by atoms with Crippen LogP contribution in [0.2, 0.25) is 0 Å². The van der Waals surface area contributed by atoms with Gasteiger partial charge in [-0.25, -0.2) is 9.59 Å². The molecule has 7 heteroatoms. The molecule has 0 radical (unpaired) electrons. The van der Waals surface area contributed by atoms with Crippen molar-refractivity contribution < 1.29 is 23.5 Å². The average molecular weight is 419 g/mol. The number of fused-ring (bicyclic) bond motifs is 2. The second kappa shape index (κ2) is 8.10. The molecule has 0 fully saturated rings. The van der Waals surface area contributed by atoms with Crippen LogP contribution in [-0.2, 0) is 16.0 Å². The van der Waals surface area contributed by atoms with Crippen molar-refractivity contribution in [3.8, 4) is 11.1 Å². The number of aliphatic carboxylic acids is 1. The van der Waals surface area contributed by atoms with Crippen LogP contribution in [0.3, 0.4) is 0 Å². The second-order valence-electron chi connectivity index (χ2n) is 7.40. The van der Waals surface area contributed by atoms with Crippen molar-refractivity contribution in [2.24, 2.45) is 0 Å². The molecule has 0 saturated carbocycles. The van der Waals surface area contributed by atoms with E-state index in [1.807, 2.05) is 36.4 Å². The van der Waals surface area contributed by atoms with Gasteiger partial charge in [0.05, 0.1) is 18.2 Å². The number of rotatable bonds is 6. The fourth-order valence-electron chi connectivity index (χ4n) is 3.70. The van der Waals surface area contributed by atoms with E-state index in [9.17, 15) is 14.4 Å². The molecule has 4 rings (SSSR count). The lowest BCUT2D eigenvalue weighted by atomic mass is 9.99. The molecule has 0 bridgehead atoms. The molecule has 0 unspecified atom stereocenters. The summed E-state index contributed by atoms with van der Waals surface area (Å²) >= 11 is 0. The first-order chi connectivity index (χ1) is 14.9. The lowest BCUT2D eigenvalue weighted by molar-refractivity contribution is -0.141. The first-order valence-electron chi connectivity index (χ1n) is 9.94. The normalized spacial score (nSPS) is 12.2. The Balaban J connectivity index is 1.77. The van der Waals surface area contributed by atoms with E-state index in [4.69, 9.17) is 13.9 Å². The highest BCUT2D eigenvalue weighted by Crippen LogP contribution is 2.34. The van der Waals surface area contributed by atoms with Gasteiger partial charge in [-0.3, -0.25) is 4.79 Å². The van der Waals surface area contributed by atoms with Crippen molar-refractivity contribution in [2.75, 3.05) is 0 Å². The second-order valence-corrected chi connectivity index (χ2v) is 7.40. The minimum atomic E-state index is -1.12. The van der Waals surface area contributed by atoms with E-state index in [-0.39, 0.29) is 18.4 Å². The maximum absolute atomic E-state index is 12.5. The molecule has 2 N–H and O–H groups in total. The monoisotopic (exact) mass is 419 g/mol. The highest BCUT2D eigenvalue weighted by atomic mass is 16.4. The van der Waals surface area contributed by atoms with Gasteiger partial charge in [0.25, 0.3) is 0 Å². The van der Waals surface area contributed by atoms with E-state index >= 15 is 0 Å². The Morgan fingerprint density at radius 1 is 1.10 bits per heavy atom. The smallest absolute Gasteiger partial charge is 0.340 e. The molecule has 0 aliphatic rings. The Morgan fingerprint density at radius 3 is 2.52 bits per heavy atom. The van der Waals surface area contributed by atoms with Gasteiger partial charge in [-0.05, 0) is 30.5 Å². The van der Waals surface area contributed by atoms with Gasteiger partial charge in [0, 0.05) is 22.4 Å². The van der Waals surface area contributed by atoms with Gasteiger partial charge in [-0.15, -0.1) is 0 Å². The van der Waals surface area contributed by atoms with Gasteiger partial charge in [-0.2, -0.15) is 0 Å². The van der Waals surface area contributed by atoms with Crippen molar-refractivity contribution in [2.45, 2.75) is 32.7 Å². The summed E-state index contributed by atoms with van der Waals surface area (Å²) in [7, 11) is 0. The zero-order valence-corrected chi connectivity index (χ0v) is 17.1. The van der Waals surface area contributed by atoms with Crippen LogP contribution in [0.5, 0.6) is 0 Å². The van der Waals surface area contributed by atoms with Crippen molar-refractivity contribution in [3.05, 3.63) is 70.3 Å². The maximum Gasteiger partial charge on any atom is 0.340 e. The Kier molecular flexibility index (Phi) is 5.33. The molecule has 0 aliphatic heterocycles. The summed E-state index contributed by atoms with van der Waals surface area (Å²) in [5.41, 5.74) is 3.06. The Labute approximate surface area is 177 Å². The van der Waals surface area contributed by atoms with Crippen LogP contribution in [0.15, 0.2) is 62.4 Å². The molecule has 0 aliphatic carbocycles. The molecule has 2 aromatic carbocycles. The summed E-state index contributed by atoms with van der Waals surface area (Å²) in [5, 5.41) is 13.1. The van der Waals surface area contributed by atoms with E-state index < -0.39 is 23.5 Å². The number of carboxylic acids is 1. The van der Waals surface area contributed by atoms with Crippen LogP contribution < -0.4 is 10.9 Å². The van der Waals surface area contributed by atoms with Crippen LogP contribution >= 0.6 is 0 Å². The predicted molar refractivity (Wildman–Crippen MR) is 116 cm³/mol. The number of hydrogen-bond donors (Lipinski definition) is 2. The van der Waals surface area contributed by atoms with Crippen molar-refractivity contribution in [1.82, 2.24) is 5.32 Å². The molecular weight excluding hydrogens is 398 g/mol. The van der Waals surface area contributed by atoms with Gasteiger partial charge in [0.1, 0.15) is 17.2 Å². The number of furan rings is 1. The molecule has 2 aromatic heterocycles. The number of carboxylic acid groups (broad SMARTS) is 1. The van der Waals surface area contributed by atoms with Crippen LogP contribution in [0, 0.1) is 6.92 Å². The largest absolute Gasteiger partial charge is 0.480 e. The van der Waals surface area contributed by atoms with Crippen LogP contribution in [0.4, 0.5) is 0 Å². The highest BCUT2D eigenvalue weighted by Gasteiger charge is 2.21. The zero-order valence-electron chi connectivity index (χ0n) is 17.1. The number of benzene rings is 2. The van der Waals surface area contributed by atoms with Crippen molar-refractivity contribution in [3.63, 3.8) is 0 Å². The van der Waals surface area contributed by atoms with Gasteiger partial charge in [-0.1, -0.05) is 37.3 Å². The third-order valence-electron chi connectivity index (χ3n) is 5.45. The van der Waals surface area contributed by atoms with Crippen molar-refractivity contribution in [1.29, 1.82) is 0 Å². The quantitative estimate of drug-likeness (QED) is 0.457. The predicted octanol–water partition coefficient (Wildman–Crippen LogP) is 4.04. The molecule has 158 valence electrons. The number of aryl methyl sites for hydroxylation is 1. The number of hydrogen-bond acceptors (Lipinski definition) is 5. The van der Waals surface area contributed by atoms with Crippen LogP contribution in [0.1, 0.15) is 24.5 Å². The molecule has 7 nitrogen and oxygen atoms in total. The van der Waals surface area contributed by atoms with E-state index in [0.29, 0.717) is 22.1 Å². The summed E-state index contributed by atoms with van der Waals surface area (Å²) in [6.07, 6.45) is 1.65. The summed E-state index contributed by atoms with van der Waals surface area (Å²) in [6, 6.07) is 12.3. The Hall–Kier alpha value is -3.87. The van der Waals surface area contributed by atoms with Gasteiger partial charge in [0.2, 0.25) is 5.91 Å². The van der Waals surface area contributed by atoms with Crippen molar-refractivity contribution >= 4 is 33.8 Å². The molecule has 1 atom stereocenters. The molecular formula is C24H21NO6. The summed E-state index contributed by atoms with van der Waals surface area (Å²) in [4.78, 5) is 36.1. The van der Waals surface area contributed by atoms with E-state index in [2.05, 4.69) is 5.32 Å². The number of amides is 1. The average Bonchev–Trinajstić information content (AvgIpc) is 3.17. The summed E-state index contributed by atoms with van der Waals surface area (Å²) in [5.74, 6) is -1.66. The minimum Gasteiger partial charge on any atom is -0.480 e. The Bertz CT molecular complexity index is 1350. The zero-order chi connectivity index (χ0) is 22.1. The Morgan fingerprint density at radius 2 is 1.84 bits per heavy atom. The maximum atomic E-state index is 12.5. The lowest BCUT2D eigenvalue weighted by Gasteiger charge is -2.13. The third kappa shape index (κ3) is 3.82. The fraction of sp³-hybridized carbons (Fsp3) is 0.208. The molecule has 0 saturated heterocycles. The molecule has 0 spiro atoms. The fourth-order valence-corrected chi connectivity index (χ4v) is 3.70. The summed E-state index contributed by atoms with van der Waals surface area (Å²) in [6.45, 7) is 3.42. The molecule has 31 heavy (non-hydrogen) atoms. The standard InChI is InChI=1S/C24H21NO6/c1-3-19(23(27)28)25-22(26)10-16-13(2)15-9-17-18(14-7-5-4-6-8-14)12-30-20(17)11-21(15)31-24(16)29/h4-9,11-12,19H,3,10H2,1-2H3,(H,25,26)(H,27,28)/t19-/m1/s1. The first-order valence-corrected chi connectivity index (χ1v) is 9.94. The van der Waals surface area contributed by atoms with E-state index in [1.165, 1.54) is 0 Å². The minimum absolute atomic E-state index is 0.203. The van der Waals surface area contributed by atoms with Crippen LogP contribution in [0.25, 0.3) is 33.1 Å². The molecule has 2 heterocycles. The topological polar surface area (TPSA) is 110 Å². The first kappa shape index (κ1) is 20.4. The number of carbonyl (C=O) groups is 2. The third-order valence-corrected chi connectivity index (χ3v) is 5.45. The molecule has 1 amide bonds. The number of carbonyl (C=O) groups excluding carboxylic acids is 1. The van der Waals surface area contributed by atoms with E-state index in [1.54, 1.807) is 26.2 Å². The van der Waals surface area contributed by atoms with Gasteiger partial charge < -0.3 is 19.3 Å². The highest BCUT2D eigenvalue weighted by molar-refractivity contribution is 6.02. The van der Waals surface area contributed by atoms with Crippen LogP contribution in [-0.4, -0.2) is 23.0 Å². The molecule has 4 aromatic rings. The van der Waals surface area contributed by atoms with Gasteiger partial charge in [0.15, 0.2) is 0 Å². The summed E-state index contributed by atoms with van der Waals surface area (Å²) < 4.78 is 11.1. The number of nitrogens with one attached hydrogen (secondary N) is 1. The lowest BCUT2D eigenvalue weighted by Crippen LogP contribution is -2.41. The van der Waals surface area contributed by atoms with E-state index in [0.717, 1.165) is 16.5 Å². The SMILES string of the molecule is CC[C@@H](NC(=O)Cc1c(C)c2cc3c(-c4ccccc4)coc3cc2oc1=O)C(=O)O. The van der Waals surface area contributed by atoms with Gasteiger partial charge >= 0.3 is 11.6 Å².